The van der Waals surface area contributed by atoms with Crippen molar-refractivity contribution in [2.75, 3.05) is 5.75 Å². The van der Waals surface area contributed by atoms with E-state index >= 15 is 0 Å². The summed E-state index contributed by atoms with van der Waals surface area (Å²) in [7, 11) is -3.30. The Morgan fingerprint density at radius 2 is 1.83 bits per heavy atom. The fourth-order valence-electron chi connectivity index (χ4n) is 2.75. The van der Waals surface area contributed by atoms with Crippen molar-refractivity contribution >= 4 is 15.9 Å². The maximum absolute atomic E-state index is 12.1. The molecule has 0 aromatic carbocycles. The van der Waals surface area contributed by atoms with Crippen LogP contribution in [0.4, 0.5) is 0 Å². The summed E-state index contributed by atoms with van der Waals surface area (Å²) in [6, 6.07) is -0.474. The highest BCUT2D eigenvalue weighted by Crippen LogP contribution is 2.33. The van der Waals surface area contributed by atoms with Gasteiger partial charge in [-0.1, -0.05) is 19.3 Å². The van der Waals surface area contributed by atoms with Crippen molar-refractivity contribution in [2.45, 2.75) is 51.0 Å². The highest BCUT2D eigenvalue weighted by atomic mass is 32.2. The smallest absolute Gasteiger partial charge is 0.212 e. The van der Waals surface area contributed by atoms with Crippen LogP contribution in [0, 0.1) is 17.2 Å². The minimum absolute atomic E-state index is 0.0512. The minimum atomic E-state index is -3.30. The van der Waals surface area contributed by atoms with Gasteiger partial charge in [0.15, 0.2) is 0 Å². The zero-order valence-electron chi connectivity index (χ0n) is 10.7. The highest BCUT2D eigenvalue weighted by Gasteiger charge is 2.36. The SMILES string of the molecule is N=C(N)C(NS(=O)(=O)CC1CCCCC1)C1CC1. The Bertz CT molecular complexity index is 398. The van der Waals surface area contributed by atoms with E-state index in [1.807, 2.05) is 0 Å². The molecule has 18 heavy (non-hydrogen) atoms. The van der Waals surface area contributed by atoms with Crippen LogP contribution in [0.2, 0.25) is 0 Å². The second kappa shape index (κ2) is 5.57. The molecule has 2 fully saturated rings. The molecule has 6 heteroatoms. The predicted octanol–water partition coefficient (Wildman–Crippen LogP) is 1.20. The second-order valence-corrected chi connectivity index (χ2v) is 7.47. The Morgan fingerprint density at radius 3 is 2.33 bits per heavy atom. The van der Waals surface area contributed by atoms with Gasteiger partial charge in [0, 0.05) is 0 Å². The maximum atomic E-state index is 12.1. The van der Waals surface area contributed by atoms with E-state index < -0.39 is 16.1 Å². The lowest BCUT2D eigenvalue weighted by molar-refractivity contribution is 0.383. The van der Waals surface area contributed by atoms with Gasteiger partial charge in [-0.25, -0.2) is 13.1 Å². The van der Waals surface area contributed by atoms with Gasteiger partial charge in [0.1, 0.15) is 5.84 Å². The normalized spacial score (nSPS) is 23.8. The van der Waals surface area contributed by atoms with Crippen LogP contribution in [0.25, 0.3) is 0 Å². The van der Waals surface area contributed by atoms with Crippen LogP contribution in [0.1, 0.15) is 44.9 Å². The Morgan fingerprint density at radius 1 is 1.22 bits per heavy atom. The van der Waals surface area contributed by atoms with Crippen LogP contribution >= 0.6 is 0 Å². The quantitative estimate of drug-likeness (QED) is 0.501. The van der Waals surface area contributed by atoms with Crippen LogP contribution in [-0.2, 0) is 10.0 Å². The molecule has 104 valence electrons. The summed E-state index contributed by atoms with van der Waals surface area (Å²) < 4.78 is 26.8. The number of hydrogen-bond donors (Lipinski definition) is 3. The molecule has 4 N–H and O–H groups in total. The summed E-state index contributed by atoms with van der Waals surface area (Å²) in [5.74, 6) is 0.667. The molecule has 0 bridgehead atoms. The lowest BCUT2D eigenvalue weighted by atomic mass is 9.91. The zero-order chi connectivity index (χ0) is 13.2. The van der Waals surface area contributed by atoms with Crippen molar-refractivity contribution in [3.63, 3.8) is 0 Å². The molecular weight excluding hydrogens is 250 g/mol. The lowest BCUT2D eigenvalue weighted by Crippen LogP contribution is -2.47. The largest absolute Gasteiger partial charge is 0.386 e. The Balaban J connectivity index is 1.90. The standard InChI is InChI=1S/C12H23N3O2S/c13-12(14)11(10-6-7-10)15-18(16,17)8-9-4-2-1-3-5-9/h9-11,15H,1-8H2,(H3,13,14). The lowest BCUT2D eigenvalue weighted by Gasteiger charge is -2.23. The van der Waals surface area contributed by atoms with Gasteiger partial charge in [0.2, 0.25) is 10.0 Å². The van der Waals surface area contributed by atoms with Crippen LogP contribution in [0.15, 0.2) is 0 Å². The summed E-state index contributed by atoms with van der Waals surface area (Å²) in [5.41, 5.74) is 5.47. The molecule has 0 spiro atoms. The third-order valence-electron chi connectivity index (χ3n) is 3.91. The average molecular weight is 273 g/mol. The molecule has 0 heterocycles. The maximum Gasteiger partial charge on any atom is 0.212 e. The first-order chi connectivity index (χ1) is 8.48. The molecule has 2 aliphatic carbocycles. The van der Waals surface area contributed by atoms with E-state index in [-0.39, 0.29) is 23.4 Å². The third-order valence-corrected chi connectivity index (χ3v) is 5.44. The first kappa shape index (κ1) is 13.8. The number of nitrogens with one attached hydrogen (secondary N) is 2. The van der Waals surface area contributed by atoms with Crippen molar-refractivity contribution in [3.05, 3.63) is 0 Å². The predicted molar refractivity (Wildman–Crippen MR) is 71.9 cm³/mol. The monoisotopic (exact) mass is 273 g/mol. The van der Waals surface area contributed by atoms with E-state index in [0.717, 1.165) is 38.5 Å². The van der Waals surface area contributed by atoms with Gasteiger partial charge in [0.25, 0.3) is 0 Å². The Labute approximate surface area is 109 Å². The van der Waals surface area contributed by atoms with Gasteiger partial charge in [-0.2, -0.15) is 0 Å². The molecule has 0 aliphatic heterocycles. The summed E-state index contributed by atoms with van der Waals surface area (Å²) in [6.45, 7) is 0. The molecule has 0 aromatic heterocycles. The van der Waals surface area contributed by atoms with E-state index in [2.05, 4.69) is 4.72 Å². The number of nitrogens with two attached hydrogens (primary N) is 1. The van der Waals surface area contributed by atoms with E-state index in [9.17, 15) is 8.42 Å². The molecule has 2 saturated carbocycles. The van der Waals surface area contributed by atoms with Gasteiger partial charge >= 0.3 is 0 Å². The van der Waals surface area contributed by atoms with Crippen LogP contribution < -0.4 is 10.5 Å². The van der Waals surface area contributed by atoms with Crippen molar-refractivity contribution in [1.29, 1.82) is 5.41 Å². The summed E-state index contributed by atoms with van der Waals surface area (Å²) in [6.07, 6.45) is 7.45. The van der Waals surface area contributed by atoms with Gasteiger partial charge in [-0.3, -0.25) is 5.41 Å². The Kier molecular flexibility index (Phi) is 4.27. The van der Waals surface area contributed by atoms with E-state index in [1.165, 1.54) is 6.42 Å². The van der Waals surface area contributed by atoms with Gasteiger partial charge < -0.3 is 5.73 Å². The van der Waals surface area contributed by atoms with Crippen LogP contribution in [0.5, 0.6) is 0 Å². The third kappa shape index (κ3) is 3.95. The van der Waals surface area contributed by atoms with Crippen molar-refractivity contribution in [1.82, 2.24) is 4.72 Å². The fraction of sp³-hybridized carbons (Fsp3) is 0.917. The molecule has 5 nitrogen and oxygen atoms in total. The summed E-state index contributed by atoms with van der Waals surface area (Å²) >= 11 is 0. The molecule has 0 radical (unpaired) electrons. The second-order valence-electron chi connectivity index (χ2n) is 5.67. The van der Waals surface area contributed by atoms with Gasteiger partial charge in [-0.05, 0) is 37.5 Å². The molecule has 2 aliphatic rings. The number of rotatable bonds is 6. The van der Waals surface area contributed by atoms with Crippen LogP contribution in [0.3, 0.4) is 0 Å². The van der Waals surface area contributed by atoms with Crippen molar-refractivity contribution in [3.8, 4) is 0 Å². The van der Waals surface area contributed by atoms with Crippen LogP contribution in [-0.4, -0.2) is 26.0 Å². The minimum Gasteiger partial charge on any atom is -0.386 e. The first-order valence-corrected chi connectivity index (χ1v) is 8.47. The molecular formula is C12H23N3O2S. The molecule has 0 aromatic rings. The number of sulfonamides is 1. The van der Waals surface area contributed by atoms with Gasteiger partial charge in [-0.15, -0.1) is 0 Å². The molecule has 0 amide bonds. The molecule has 2 rings (SSSR count). The topological polar surface area (TPSA) is 96.0 Å². The van der Waals surface area contributed by atoms with E-state index in [1.54, 1.807) is 0 Å². The average Bonchev–Trinajstić information content (AvgIpc) is 3.10. The Hall–Kier alpha value is -0.620. The van der Waals surface area contributed by atoms with E-state index in [4.69, 9.17) is 11.1 Å². The van der Waals surface area contributed by atoms with Gasteiger partial charge in [0.05, 0.1) is 11.8 Å². The number of amidine groups is 1. The molecule has 0 saturated heterocycles. The first-order valence-electron chi connectivity index (χ1n) is 6.82. The fourth-order valence-corrected chi connectivity index (χ4v) is 4.51. The molecule has 1 unspecified atom stereocenters. The zero-order valence-corrected chi connectivity index (χ0v) is 11.5. The number of hydrogen-bond acceptors (Lipinski definition) is 3. The summed E-state index contributed by atoms with van der Waals surface area (Å²) in [5, 5.41) is 7.47. The molecule has 1 atom stereocenters. The highest BCUT2D eigenvalue weighted by molar-refractivity contribution is 7.89. The van der Waals surface area contributed by atoms with Crippen molar-refractivity contribution < 1.29 is 8.42 Å². The summed E-state index contributed by atoms with van der Waals surface area (Å²) in [4.78, 5) is 0. The van der Waals surface area contributed by atoms with E-state index in [0.29, 0.717) is 0 Å². The van der Waals surface area contributed by atoms with Crippen molar-refractivity contribution in [2.24, 2.45) is 17.6 Å².